The second kappa shape index (κ2) is 9.96. The summed E-state index contributed by atoms with van der Waals surface area (Å²) in [7, 11) is 1.55. The van der Waals surface area contributed by atoms with Gasteiger partial charge in [-0.05, 0) is 54.1 Å². The highest BCUT2D eigenvalue weighted by Gasteiger charge is 2.29. The second-order valence-electron chi connectivity index (χ2n) is 7.23. The van der Waals surface area contributed by atoms with Crippen LogP contribution < -0.4 is 14.8 Å². The Hall–Kier alpha value is -3.85. The number of halogens is 3. The molecule has 1 aromatic heterocycles. The Morgan fingerprint density at radius 2 is 1.74 bits per heavy atom. The van der Waals surface area contributed by atoms with Gasteiger partial charge in [0, 0.05) is 22.7 Å². The minimum Gasteiger partial charge on any atom is -0.497 e. The lowest BCUT2D eigenvalue weighted by Crippen LogP contribution is -2.12. The Morgan fingerprint density at radius 3 is 2.41 bits per heavy atom. The average molecular weight is 484 g/mol. The average Bonchev–Trinajstić information content (AvgIpc) is 3.33. The molecule has 0 bridgehead atoms. The summed E-state index contributed by atoms with van der Waals surface area (Å²) in [5.41, 5.74) is 1.65. The van der Waals surface area contributed by atoms with Crippen LogP contribution in [0, 0.1) is 0 Å². The third-order valence-corrected chi connectivity index (χ3v) is 5.74. The van der Waals surface area contributed by atoms with Crippen LogP contribution in [0.25, 0.3) is 10.6 Å². The van der Waals surface area contributed by atoms with Crippen LogP contribution in [0.3, 0.4) is 0 Å². The Morgan fingerprint density at radius 1 is 1.00 bits per heavy atom. The molecule has 0 aliphatic heterocycles. The van der Waals surface area contributed by atoms with Gasteiger partial charge in [0.15, 0.2) is 0 Å². The SMILES string of the molecule is COc1cccc(NC(=O)c2csc(-c3ccc(OCc4ccc(C(F)(F)F)cc4)cc3)n2)c1. The van der Waals surface area contributed by atoms with Gasteiger partial charge < -0.3 is 14.8 Å². The van der Waals surface area contributed by atoms with Crippen molar-refractivity contribution < 1.29 is 27.4 Å². The molecule has 1 heterocycles. The Balaban J connectivity index is 1.36. The summed E-state index contributed by atoms with van der Waals surface area (Å²) in [6.07, 6.45) is -4.36. The van der Waals surface area contributed by atoms with Crippen LogP contribution in [0.5, 0.6) is 11.5 Å². The van der Waals surface area contributed by atoms with E-state index in [9.17, 15) is 18.0 Å². The normalized spacial score (nSPS) is 11.2. The van der Waals surface area contributed by atoms with Gasteiger partial charge in [-0.3, -0.25) is 4.79 Å². The molecular formula is C25H19F3N2O3S. The van der Waals surface area contributed by atoms with Crippen molar-refractivity contribution in [1.82, 2.24) is 4.98 Å². The molecule has 0 radical (unpaired) electrons. The molecule has 1 amide bonds. The van der Waals surface area contributed by atoms with Crippen molar-refractivity contribution in [1.29, 1.82) is 0 Å². The summed E-state index contributed by atoms with van der Waals surface area (Å²) in [6.45, 7) is 0.142. The molecule has 0 atom stereocenters. The summed E-state index contributed by atoms with van der Waals surface area (Å²) < 4.78 is 48.8. The molecule has 4 rings (SSSR count). The van der Waals surface area contributed by atoms with Crippen LogP contribution in [0.1, 0.15) is 21.6 Å². The van der Waals surface area contributed by atoms with Gasteiger partial charge in [0.2, 0.25) is 0 Å². The Bertz CT molecular complexity index is 1270. The van der Waals surface area contributed by atoms with Crippen molar-refractivity contribution in [3.8, 4) is 22.1 Å². The highest BCUT2D eigenvalue weighted by atomic mass is 32.1. The molecule has 4 aromatic rings. The van der Waals surface area contributed by atoms with E-state index in [1.54, 1.807) is 48.9 Å². The Kier molecular flexibility index (Phi) is 6.83. The van der Waals surface area contributed by atoms with Crippen molar-refractivity contribution in [3.63, 3.8) is 0 Å². The van der Waals surface area contributed by atoms with E-state index in [2.05, 4.69) is 10.3 Å². The van der Waals surface area contributed by atoms with Crippen LogP contribution in [0.15, 0.2) is 78.2 Å². The van der Waals surface area contributed by atoms with Crippen LogP contribution in [0.4, 0.5) is 18.9 Å². The van der Waals surface area contributed by atoms with E-state index in [-0.39, 0.29) is 12.5 Å². The zero-order chi connectivity index (χ0) is 24.1. The fraction of sp³-hybridized carbons (Fsp3) is 0.120. The molecule has 5 nitrogen and oxygen atoms in total. The monoisotopic (exact) mass is 484 g/mol. The molecule has 174 valence electrons. The summed E-state index contributed by atoms with van der Waals surface area (Å²) in [4.78, 5) is 16.9. The first-order valence-corrected chi connectivity index (χ1v) is 11.0. The maximum Gasteiger partial charge on any atom is 0.416 e. The van der Waals surface area contributed by atoms with Gasteiger partial charge in [0.25, 0.3) is 5.91 Å². The highest BCUT2D eigenvalue weighted by Crippen LogP contribution is 2.30. The number of benzene rings is 3. The standard InChI is InChI=1S/C25H19F3N2O3S/c1-32-21-4-2-3-19(13-21)29-23(31)22-15-34-24(30-22)17-7-11-20(12-8-17)33-14-16-5-9-18(10-6-16)25(26,27)28/h2-13,15H,14H2,1H3,(H,29,31). The number of amides is 1. The zero-order valence-corrected chi connectivity index (χ0v) is 18.7. The van der Waals surface area contributed by atoms with E-state index in [1.807, 2.05) is 12.1 Å². The summed E-state index contributed by atoms with van der Waals surface area (Å²) in [5, 5.41) is 5.15. The van der Waals surface area contributed by atoms with E-state index in [0.29, 0.717) is 33.5 Å². The molecule has 0 fully saturated rings. The number of hydrogen-bond donors (Lipinski definition) is 1. The molecule has 0 saturated carbocycles. The topological polar surface area (TPSA) is 60.5 Å². The lowest BCUT2D eigenvalue weighted by atomic mass is 10.1. The fourth-order valence-electron chi connectivity index (χ4n) is 3.06. The van der Waals surface area contributed by atoms with Crippen molar-refractivity contribution in [2.75, 3.05) is 12.4 Å². The smallest absolute Gasteiger partial charge is 0.416 e. The number of hydrogen-bond acceptors (Lipinski definition) is 5. The Labute approximate surface area is 197 Å². The van der Waals surface area contributed by atoms with Crippen LogP contribution in [-0.4, -0.2) is 18.0 Å². The molecule has 3 aromatic carbocycles. The van der Waals surface area contributed by atoms with Gasteiger partial charge in [0.1, 0.15) is 28.8 Å². The number of nitrogens with one attached hydrogen (secondary N) is 1. The number of carbonyl (C=O) groups excluding carboxylic acids is 1. The maximum absolute atomic E-state index is 12.7. The highest BCUT2D eigenvalue weighted by molar-refractivity contribution is 7.13. The number of carbonyl (C=O) groups is 1. The predicted molar refractivity (Wildman–Crippen MR) is 124 cm³/mol. The molecule has 0 aliphatic carbocycles. The third kappa shape index (κ3) is 5.74. The number of alkyl halides is 3. The van der Waals surface area contributed by atoms with Crippen LogP contribution in [-0.2, 0) is 12.8 Å². The van der Waals surface area contributed by atoms with Gasteiger partial charge in [-0.1, -0.05) is 18.2 Å². The van der Waals surface area contributed by atoms with E-state index in [4.69, 9.17) is 9.47 Å². The van der Waals surface area contributed by atoms with E-state index < -0.39 is 11.7 Å². The lowest BCUT2D eigenvalue weighted by molar-refractivity contribution is -0.137. The predicted octanol–water partition coefficient (Wildman–Crippen LogP) is 6.67. The van der Waals surface area contributed by atoms with E-state index in [1.165, 1.54) is 23.5 Å². The van der Waals surface area contributed by atoms with Crippen molar-refractivity contribution in [2.24, 2.45) is 0 Å². The van der Waals surface area contributed by atoms with Crippen molar-refractivity contribution in [3.05, 3.63) is 95.0 Å². The maximum atomic E-state index is 12.7. The number of methoxy groups -OCH3 is 1. The van der Waals surface area contributed by atoms with Gasteiger partial charge in [-0.2, -0.15) is 13.2 Å². The van der Waals surface area contributed by atoms with Gasteiger partial charge in [-0.25, -0.2) is 4.98 Å². The molecule has 9 heteroatoms. The first-order valence-electron chi connectivity index (χ1n) is 10.1. The lowest BCUT2D eigenvalue weighted by Gasteiger charge is -2.09. The van der Waals surface area contributed by atoms with Crippen molar-refractivity contribution >= 4 is 22.9 Å². The number of thiazole rings is 1. The number of aromatic nitrogens is 1. The van der Waals surface area contributed by atoms with E-state index in [0.717, 1.165) is 17.7 Å². The fourth-order valence-corrected chi connectivity index (χ4v) is 3.86. The van der Waals surface area contributed by atoms with Crippen LogP contribution in [0.2, 0.25) is 0 Å². The number of ether oxygens (including phenoxy) is 2. The number of rotatable bonds is 7. The largest absolute Gasteiger partial charge is 0.497 e. The minimum atomic E-state index is -4.36. The van der Waals surface area contributed by atoms with Gasteiger partial charge in [0.05, 0.1) is 12.7 Å². The number of nitrogens with zero attached hydrogens (tertiary/aromatic N) is 1. The van der Waals surface area contributed by atoms with E-state index >= 15 is 0 Å². The van der Waals surface area contributed by atoms with Gasteiger partial charge in [-0.15, -0.1) is 11.3 Å². The molecule has 34 heavy (non-hydrogen) atoms. The molecule has 1 N–H and O–H groups in total. The summed E-state index contributed by atoms with van der Waals surface area (Å²) >= 11 is 1.34. The second-order valence-corrected chi connectivity index (χ2v) is 8.09. The van der Waals surface area contributed by atoms with Gasteiger partial charge >= 0.3 is 6.18 Å². The first kappa shape index (κ1) is 23.3. The molecule has 0 unspecified atom stereocenters. The molecule has 0 aliphatic rings. The summed E-state index contributed by atoms with van der Waals surface area (Å²) in [6, 6.07) is 19.0. The zero-order valence-electron chi connectivity index (χ0n) is 17.9. The quantitative estimate of drug-likeness (QED) is 0.318. The molecule has 0 spiro atoms. The van der Waals surface area contributed by atoms with Crippen molar-refractivity contribution in [2.45, 2.75) is 12.8 Å². The third-order valence-electron chi connectivity index (χ3n) is 4.85. The molecular weight excluding hydrogens is 465 g/mol. The number of anilines is 1. The molecule has 0 saturated heterocycles. The summed E-state index contributed by atoms with van der Waals surface area (Å²) in [5.74, 6) is 0.876. The minimum absolute atomic E-state index is 0.142. The van der Waals surface area contributed by atoms with Crippen LogP contribution >= 0.6 is 11.3 Å². The first-order chi connectivity index (χ1) is 16.3.